The molecule has 0 radical (unpaired) electrons. The Labute approximate surface area is 159 Å². The quantitative estimate of drug-likeness (QED) is 0.827. The van der Waals surface area contributed by atoms with Crippen LogP contribution in [0.4, 0.5) is 5.82 Å². The molecule has 2 aliphatic heterocycles. The SMILES string of the molecule is Cc1ncccc1Oc1ncnc(N2CCCC(N3CCCC3=O)C2)c1C. The summed E-state index contributed by atoms with van der Waals surface area (Å²) >= 11 is 0. The third kappa shape index (κ3) is 3.59. The van der Waals surface area contributed by atoms with Crippen LogP contribution in [0, 0.1) is 13.8 Å². The Morgan fingerprint density at radius 1 is 1.15 bits per heavy atom. The lowest BCUT2D eigenvalue weighted by molar-refractivity contribution is -0.129. The highest BCUT2D eigenvalue weighted by Gasteiger charge is 2.32. The molecule has 7 heteroatoms. The van der Waals surface area contributed by atoms with Gasteiger partial charge in [0.25, 0.3) is 0 Å². The fourth-order valence-electron chi connectivity index (χ4n) is 3.99. The van der Waals surface area contributed by atoms with Gasteiger partial charge in [0.1, 0.15) is 12.1 Å². The van der Waals surface area contributed by atoms with E-state index in [2.05, 4.69) is 24.8 Å². The van der Waals surface area contributed by atoms with Gasteiger partial charge in [0.15, 0.2) is 5.75 Å². The van der Waals surface area contributed by atoms with Crippen molar-refractivity contribution in [1.29, 1.82) is 0 Å². The molecular weight excluding hydrogens is 342 g/mol. The zero-order valence-corrected chi connectivity index (χ0v) is 15.9. The van der Waals surface area contributed by atoms with Crippen molar-refractivity contribution in [3.05, 3.63) is 35.9 Å². The average molecular weight is 367 g/mol. The van der Waals surface area contributed by atoms with Crippen molar-refractivity contribution in [1.82, 2.24) is 19.9 Å². The number of anilines is 1. The smallest absolute Gasteiger partial charge is 0.227 e. The standard InChI is InChI=1S/C20H25N5O2/c1-14-19(22-13-23-20(14)27-17-7-3-9-21-15(17)2)24-10-4-6-16(12-24)25-11-5-8-18(25)26/h3,7,9,13,16H,4-6,8,10-12H2,1-2H3. The number of carbonyl (C=O) groups excluding carboxylic acids is 1. The molecule has 1 atom stereocenters. The summed E-state index contributed by atoms with van der Waals surface area (Å²) in [4.78, 5) is 29.6. The van der Waals surface area contributed by atoms with Crippen LogP contribution in [0.2, 0.25) is 0 Å². The van der Waals surface area contributed by atoms with Gasteiger partial charge in [-0.05, 0) is 45.2 Å². The number of hydrogen-bond donors (Lipinski definition) is 0. The van der Waals surface area contributed by atoms with Crippen LogP contribution in [0.15, 0.2) is 24.7 Å². The Balaban J connectivity index is 1.55. The van der Waals surface area contributed by atoms with E-state index in [0.29, 0.717) is 18.1 Å². The molecule has 1 amide bonds. The first-order chi connectivity index (χ1) is 13.1. The molecule has 0 saturated carbocycles. The van der Waals surface area contributed by atoms with Gasteiger partial charge in [0.05, 0.1) is 11.3 Å². The van der Waals surface area contributed by atoms with Crippen molar-refractivity contribution in [2.24, 2.45) is 0 Å². The van der Waals surface area contributed by atoms with Gasteiger partial charge in [0.2, 0.25) is 11.8 Å². The number of rotatable bonds is 4. The normalized spacial score (nSPS) is 20.2. The number of aromatic nitrogens is 3. The van der Waals surface area contributed by atoms with Crippen LogP contribution in [-0.4, -0.2) is 51.4 Å². The van der Waals surface area contributed by atoms with Gasteiger partial charge in [-0.3, -0.25) is 9.78 Å². The Morgan fingerprint density at radius 2 is 2.04 bits per heavy atom. The Hall–Kier alpha value is -2.70. The lowest BCUT2D eigenvalue weighted by atomic mass is 10.0. The second-order valence-electron chi connectivity index (χ2n) is 7.25. The molecule has 27 heavy (non-hydrogen) atoms. The maximum Gasteiger partial charge on any atom is 0.227 e. The van der Waals surface area contributed by atoms with Crippen LogP contribution < -0.4 is 9.64 Å². The molecule has 0 spiro atoms. The summed E-state index contributed by atoms with van der Waals surface area (Å²) < 4.78 is 6.01. The summed E-state index contributed by atoms with van der Waals surface area (Å²) in [5, 5.41) is 0. The van der Waals surface area contributed by atoms with E-state index < -0.39 is 0 Å². The van der Waals surface area contributed by atoms with Crippen molar-refractivity contribution < 1.29 is 9.53 Å². The lowest BCUT2D eigenvalue weighted by Crippen LogP contribution is -2.48. The first kappa shape index (κ1) is 17.7. The molecule has 0 aromatic carbocycles. The number of nitrogens with zero attached hydrogens (tertiary/aromatic N) is 5. The molecule has 4 rings (SSSR count). The van der Waals surface area contributed by atoms with Crippen molar-refractivity contribution in [2.45, 2.75) is 45.6 Å². The molecule has 0 bridgehead atoms. The summed E-state index contributed by atoms with van der Waals surface area (Å²) in [7, 11) is 0. The fraction of sp³-hybridized carbons (Fsp3) is 0.500. The zero-order valence-electron chi connectivity index (χ0n) is 15.9. The van der Waals surface area contributed by atoms with E-state index in [1.54, 1.807) is 12.5 Å². The van der Waals surface area contributed by atoms with Crippen molar-refractivity contribution in [3.8, 4) is 11.6 Å². The monoisotopic (exact) mass is 367 g/mol. The van der Waals surface area contributed by atoms with Crippen LogP contribution in [0.25, 0.3) is 0 Å². The second-order valence-corrected chi connectivity index (χ2v) is 7.25. The van der Waals surface area contributed by atoms with Crippen LogP contribution in [0.3, 0.4) is 0 Å². The molecule has 2 aromatic rings. The summed E-state index contributed by atoms with van der Waals surface area (Å²) in [6.07, 6.45) is 7.07. The molecule has 0 aliphatic carbocycles. The molecule has 2 aliphatic rings. The van der Waals surface area contributed by atoms with Crippen LogP contribution >= 0.6 is 0 Å². The fourth-order valence-corrected chi connectivity index (χ4v) is 3.99. The van der Waals surface area contributed by atoms with Gasteiger partial charge in [-0.25, -0.2) is 9.97 Å². The minimum absolute atomic E-state index is 0.271. The maximum absolute atomic E-state index is 12.1. The summed E-state index contributed by atoms with van der Waals surface area (Å²) in [6, 6.07) is 4.01. The summed E-state index contributed by atoms with van der Waals surface area (Å²) in [5.74, 6) is 2.43. The molecule has 2 saturated heterocycles. The van der Waals surface area contributed by atoms with E-state index in [0.717, 1.165) is 56.0 Å². The number of hydrogen-bond acceptors (Lipinski definition) is 6. The number of likely N-dealkylation sites (tertiary alicyclic amines) is 1. The van der Waals surface area contributed by atoms with E-state index in [9.17, 15) is 4.79 Å². The first-order valence-corrected chi connectivity index (χ1v) is 9.59. The number of amides is 1. The third-order valence-electron chi connectivity index (χ3n) is 5.42. The first-order valence-electron chi connectivity index (χ1n) is 9.59. The zero-order chi connectivity index (χ0) is 18.8. The van der Waals surface area contributed by atoms with Crippen molar-refractivity contribution in [3.63, 3.8) is 0 Å². The Bertz CT molecular complexity index is 841. The highest BCUT2D eigenvalue weighted by Crippen LogP contribution is 2.31. The molecule has 0 N–H and O–H groups in total. The van der Waals surface area contributed by atoms with Crippen LogP contribution in [0.1, 0.15) is 36.9 Å². The topological polar surface area (TPSA) is 71.5 Å². The highest BCUT2D eigenvalue weighted by atomic mass is 16.5. The molecular formula is C20H25N5O2. The van der Waals surface area contributed by atoms with Crippen LogP contribution in [-0.2, 0) is 4.79 Å². The number of aryl methyl sites for hydroxylation is 1. The highest BCUT2D eigenvalue weighted by molar-refractivity contribution is 5.78. The minimum Gasteiger partial charge on any atom is -0.437 e. The molecule has 4 heterocycles. The van der Waals surface area contributed by atoms with E-state index in [1.165, 1.54) is 0 Å². The average Bonchev–Trinajstić information content (AvgIpc) is 3.11. The number of ether oxygens (including phenoxy) is 1. The predicted molar refractivity (Wildman–Crippen MR) is 102 cm³/mol. The minimum atomic E-state index is 0.271. The van der Waals surface area contributed by atoms with Crippen molar-refractivity contribution in [2.75, 3.05) is 24.5 Å². The lowest BCUT2D eigenvalue weighted by Gasteiger charge is -2.38. The van der Waals surface area contributed by atoms with Gasteiger partial charge in [-0.15, -0.1) is 0 Å². The van der Waals surface area contributed by atoms with Gasteiger partial charge < -0.3 is 14.5 Å². The van der Waals surface area contributed by atoms with Gasteiger partial charge in [0, 0.05) is 38.3 Å². The molecule has 142 valence electrons. The predicted octanol–water partition coefficient (Wildman–Crippen LogP) is 2.87. The van der Waals surface area contributed by atoms with E-state index in [1.807, 2.05) is 26.0 Å². The van der Waals surface area contributed by atoms with Gasteiger partial charge in [-0.2, -0.15) is 0 Å². The summed E-state index contributed by atoms with van der Waals surface area (Å²) in [5.41, 5.74) is 1.73. The number of piperidine rings is 1. The largest absolute Gasteiger partial charge is 0.437 e. The van der Waals surface area contributed by atoms with Crippen LogP contribution in [0.5, 0.6) is 11.6 Å². The molecule has 2 fully saturated rings. The van der Waals surface area contributed by atoms with E-state index in [-0.39, 0.29) is 11.9 Å². The maximum atomic E-state index is 12.1. The Morgan fingerprint density at radius 3 is 2.81 bits per heavy atom. The molecule has 1 unspecified atom stereocenters. The number of carbonyl (C=O) groups is 1. The summed E-state index contributed by atoms with van der Waals surface area (Å²) in [6.45, 7) is 6.53. The molecule has 2 aromatic heterocycles. The molecule has 7 nitrogen and oxygen atoms in total. The van der Waals surface area contributed by atoms with Gasteiger partial charge in [-0.1, -0.05) is 0 Å². The van der Waals surface area contributed by atoms with Crippen molar-refractivity contribution >= 4 is 11.7 Å². The Kier molecular flexibility index (Phi) is 4.92. The third-order valence-corrected chi connectivity index (χ3v) is 5.42. The number of pyridine rings is 1. The van der Waals surface area contributed by atoms with Gasteiger partial charge >= 0.3 is 0 Å². The van der Waals surface area contributed by atoms with E-state index in [4.69, 9.17) is 4.74 Å². The second kappa shape index (κ2) is 7.50. The van der Waals surface area contributed by atoms with E-state index >= 15 is 0 Å².